The standard InChI is InChI=1S/C111H97N5O.Pt/c1-107(2,3)88-48-49-113-105(66-88)116-101-47-44-76(81-52-82(84-59-89(108(4,5)6)64-90(60-84)109(7,8)9)54-83(53-81)85-61-91(110(10,11)12)65-92(62-85)111(13,14)15)63-100(101)99-46-45-95(70-104(99)116)117-96-68-93(112-16)67-94(69-96)114-71-115(103-43-30-29-42-102(103)114)106-97(86-55-77(72-32-21-17-22-33-72)50-78(56-86)73-34-23-18-24-35-73)40-31-41-98(106)87-57-79(74-36-25-19-26-37-74)51-80(58-87)75-38-27-20-28-39-75;/h17-68H,1-15H3;/q-2;. The van der Waals surface area contributed by atoms with Crippen molar-refractivity contribution in [2.24, 2.45) is 0 Å². The summed E-state index contributed by atoms with van der Waals surface area (Å²) in [5.74, 6) is 1.58. The number of imidazole rings is 1. The summed E-state index contributed by atoms with van der Waals surface area (Å²) in [5.41, 5.74) is 31.2. The minimum absolute atomic E-state index is 0. The summed E-state index contributed by atoms with van der Waals surface area (Å²) in [6, 6.07) is 120. The van der Waals surface area contributed by atoms with E-state index in [0.29, 0.717) is 22.9 Å². The van der Waals surface area contributed by atoms with E-state index in [0.717, 1.165) is 128 Å². The Kier molecular flexibility index (Phi) is 20.9. The van der Waals surface area contributed by atoms with Crippen LogP contribution in [0.3, 0.4) is 0 Å². The first-order valence-corrected chi connectivity index (χ1v) is 40.7. The second-order valence-electron chi connectivity index (χ2n) is 36.5. The summed E-state index contributed by atoms with van der Waals surface area (Å²) < 4.78 is 13.6. The van der Waals surface area contributed by atoms with Crippen LogP contribution in [0.4, 0.5) is 5.69 Å². The van der Waals surface area contributed by atoms with Gasteiger partial charge in [0.05, 0.1) is 29.0 Å². The van der Waals surface area contributed by atoms with Gasteiger partial charge in [-0.2, -0.15) is 12.1 Å². The van der Waals surface area contributed by atoms with Gasteiger partial charge in [0.15, 0.2) is 0 Å². The van der Waals surface area contributed by atoms with Crippen molar-refractivity contribution in [2.45, 2.75) is 131 Å². The molecule has 14 aromatic carbocycles. The maximum atomic E-state index is 8.73. The zero-order valence-corrected chi connectivity index (χ0v) is 72.3. The van der Waals surface area contributed by atoms with E-state index in [1.54, 1.807) is 6.07 Å². The molecule has 17 rings (SSSR count). The predicted octanol–water partition coefficient (Wildman–Crippen LogP) is 29.6. The quantitative estimate of drug-likeness (QED) is 0.0804. The molecule has 0 aliphatic carbocycles. The largest absolute Gasteiger partial charge is 0.511 e. The van der Waals surface area contributed by atoms with Crippen LogP contribution in [0, 0.1) is 25.0 Å². The van der Waals surface area contributed by atoms with Gasteiger partial charge in [0.2, 0.25) is 0 Å². The van der Waals surface area contributed by atoms with Gasteiger partial charge >= 0.3 is 0 Å². The van der Waals surface area contributed by atoms with Crippen LogP contribution in [-0.2, 0) is 48.1 Å². The zero-order valence-electron chi connectivity index (χ0n) is 70.0. The maximum absolute atomic E-state index is 8.73. The van der Waals surface area contributed by atoms with Crippen molar-refractivity contribution in [1.82, 2.24) is 14.1 Å². The van der Waals surface area contributed by atoms with Crippen LogP contribution in [0.1, 0.15) is 132 Å². The van der Waals surface area contributed by atoms with Crippen molar-refractivity contribution in [2.75, 3.05) is 0 Å². The molecule has 0 unspecified atom stereocenters. The first-order valence-electron chi connectivity index (χ1n) is 40.7. The summed E-state index contributed by atoms with van der Waals surface area (Å²) >= 11 is 0. The van der Waals surface area contributed by atoms with E-state index in [9.17, 15) is 0 Å². The van der Waals surface area contributed by atoms with Crippen LogP contribution in [-0.4, -0.2) is 14.1 Å². The predicted molar refractivity (Wildman–Crippen MR) is 489 cm³/mol. The van der Waals surface area contributed by atoms with Crippen molar-refractivity contribution in [3.8, 4) is 129 Å². The van der Waals surface area contributed by atoms with E-state index in [1.165, 1.54) is 44.5 Å². The number of pyridine rings is 1. The SMILES string of the molecule is [C-]#[N+]c1cc(Oc2[c-]c3c(cc2)c2cc(-c4cc(-c5cc(C(C)(C)C)cc(C(C)(C)C)c5)cc(-c5cc(C(C)(C)C)cc(C(C)(C)C)c5)c4)ccc2n3-c2cc(C(C)(C)C)ccn2)[c-]c(-n2[c-][n+](-c3c(-c4cc(-c5ccccc5)cc(-c5ccccc5)c4)cccc3-c3cc(-c4ccccc4)cc(-c4ccccc4)c3)c3ccccc32)c1.[Pt]. The maximum Gasteiger partial charge on any atom is 0.268 e. The number of aromatic nitrogens is 4. The molecular formula is C111H97N5OPt-2. The Balaban J connectivity index is 0.0000104. The molecule has 584 valence electrons. The molecule has 0 aliphatic rings. The van der Waals surface area contributed by atoms with Gasteiger partial charge in [-0.1, -0.05) is 327 Å². The van der Waals surface area contributed by atoms with Crippen molar-refractivity contribution in [3.05, 3.63) is 373 Å². The summed E-state index contributed by atoms with van der Waals surface area (Å²) in [5, 5.41) is 2.04. The average Bonchev–Trinajstić information content (AvgIpc) is 1.61. The molecule has 0 N–H and O–H groups in total. The van der Waals surface area contributed by atoms with Gasteiger partial charge in [0.25, 0.3) is 6.33 Å². The van der Waals surface area contributed by atoms with Crippen LogP contribution in [0.15, 0.2) is 316 Å². The fourth-order valence-corrected chi connectivity index (χ4v) is 16.1. The summed E-state index contributed by atoms with van der Waals surface area (Å²) in [4.78, 5) is 9.29. The average molecular weight is 1710 g/mol. The molecule has 17 aromatic rings. The summed E-state index contributed by atoms with van der Waals surface area (Å²) in [6.07, 6.45) is 5.86. The van der Waals surface area contributed by atoms with E-state index >= 15 is 0 Å². The smallest absolute Gasteiger partial charge is 0.268 e. The monoisotopic (exact) mass is 1710 g/mol. The Morgan fingerprint density at radius 1 is 0.331 bits per heavy atom. The number of hydrogen-bond acceptors (Lipinski definition) is 2. The molecule has 3 heterocycles. The number of para-hydroxylation sites is 3. The van der Waals surface area contributed by atoms with Crippen molar-refractivity contribution in [3.63, 3.8) is 0 Å². The minimum Gasteiger partial charge on any atom is -0.511 e. The van der Waals surface area contributed by atoms with E-state index < -0.39 is 0 Å². The third kappa shape index (κ3) is 16.0. The van der Waals surface area contributed by atoms with Crippen LogP contribution >= 0.6 is 0 Å². The molecule has 0 radical (unpaired) electrons. The fraction of sp³-hybridized carbons (Fsp3) is 0.180. The van der Waals surface area contributed by atoms with Crippen molar-refractivity contribution < 1.29 is 30.4 Å². The number of benzene rings is 14. The first kappa shape index (κ1) is 79.3. The third-order valence-corrected chi connectivity index (χ3v) is 22.9. The van der Waals surface area contributed by atoms with E-state index in [2.05, 4.69) is 427 Å². The molecule has 7 heteroatoms. The van der Waals surface area contributed by atoms with E-state index in [1.807, 2.05) is 22.9 Å². The number of nitrogens with zero attached hydrogens (tertiary/aromatic N) is 5. The zero-order chi connectivity index (χ0) is 81.5. The Hall–Kier alpha value is -12.5. The van der Waals surface area contributed by atoms with Gasteiger partial charge in [-0.25, -0.2) is 4.98 Å². The van der Waals surface area contributed by atoms with Crippen molar-refractivity contribution >= 4 is 38.5 Å². The Morgan fingerprint density at radius 3 is 1.19 bits per heavy atom. The minimum atomic E-state index is -0.165. The van der Waals surface area contributed by atoms with Gasteiger partial charge in [-0.05, 0) is 239 Å². The molecule has 0 aliphatic heterocycles. The molecule has 0 spiro atoms. The van der Waals surface area contributed by atoms with Gasteiger partial charge in [-0.3, -0.25) is 9.41 Å². The van der Waals surface area contributed by atoms with Crippen molar-refractivity contribution in [1.29, 1.82) is 0 Å². The van der Waals surface area contributed by atoms with Gasteiger partial charge in [0.1, 0.15) is 5.82 Å². The summed E-state index contributed by atoms with van der Waals surface area (Å²) in [6.45, 7) is 43.3. The van der Waals surface area contributed by atoms with Crippen LogP contribution in [0.5, 0.6) is 11.5 Å². The first-order chi connectivity index (χ1) is 56.0. The number of rotatable bonds is 14. The molecule has 0 bridgehead atoms. The van der Waals surface area contributed by atoms with Crippen LogP contribution < -0.4 is 9.30 Å². The topological polar surface area (TPSA) is 40.2 Å². The molecule has 118 heavy (non-hydrogen) atoms. The second kappa shape index (κ2) is 31.2. The van der Waals surface area contributed by atoms with Gasteiger partial charge in [-0.15, -0.1) is 29.7 Å². The molecule has 0 saturated carbocycles. The van der Waals surface area contributed by atoms with Gasteiger partial charge in [0, 0.05) is 38.5 Å². The van der Waals surface area contributed by atoms with Gasteiger partial charge < -0.3 is 13.9 Å². The van der Waals surface area contributed by atoms with E-state index in [-0.39, 0.29) is 48.1 Å². The Labute approximate surface area is 710 Å². The molecular weight excluding hydrogens is 1610 g/mol. The molecule has 3 aromatic heterocycles. The molecule has 0 amide bonds. The molecule has 0 atom stereocenters. The summed E-state index contributed by atoms with van der Waals surface area (Å²) in [7, 11) is 0. The Bertz CT molecular complexity index is 6300. The van der Waals surface area contributed by atoms with Crippen LogP contribution in [0.2, 0.25) is 0 Å². The molecule has 6 nitrogen and oxygen atoms in total. The number of ether oxygens (including phenoxy) is 1. The van der Waals surface area contributed by atoms with E-state index in [4.69, 9.17) is 16.3 Å². The molecule has 0 saturated heterocycles. The normalized spacial score (nSPS) is 12.1. The Morgan fingerprint density at radius 2 is 0.746 bits per heavy atom. The third-order valence-electron chi connectivity index (χ3n) is 22.9. The van der Waals surface area contributed by atoms with Crippen LogP contribution in [0.25, 0.3) is 155 Å². The number of fused-ring (bicyclic) bond motifs is 4. The fourth-order valence-electron chi connectivity index (χ4n) is 16.1. The number of hydrogen-bond donors (Lipinski definition) is 0. The molecule has 0 fully saturated rings. The second-order valence-corrected chi connectivity index (χ2v) is 36.5.